The standard InChI is InChI=1S/C9H13N3O4S/c1-6(2)12-4-3-11-8(17(12,15)16)7(5-10-11)9(13)14/h5-6H,3-4H2,1-2H3,(H,13,14). The third kappa shape index (κ3) is 1.73. The number of carboxylic acids is 1. The highest BCUT2D eigenvalue weighted by Gasteiger charge is 2.38. The molecule has 0 bridgehead atoms. The van der Waals surface area contributed by atoms with Gasteiger partial charge in [0.15, 0.2) is 5.03 Å². The van der Waals surface area contributed by atoms with Crippen LogP contribution in [0.2, 0.25) is 0 Å². The van der Waals surface area contributed by atoms with Gasteiger partial charge >= 0.3 is 5.97 Å². The van der Waals surface area contributed by atoms with Crippen LogP contribution in [0.25, 0.3) is 0 Å². The maximum atomic E-state index is 12.2. The number of sulfonamides is 1. The van der Waals surface area contributed by atoms with E-state index in [-0.39, 0.29) is 16.6 Å². The molecule has 0 spiro atoms. The summed E-state index contributed by atoms with van der Waals surface area (Å²) < 4.78 is 27.0. The lowest BCUT2D eigenvalue weighted by Gasteiger charge is -2.30. The fourth-order valence-corrected chi connectivity index (χ4v) is 3.83. The van der Waals surface area contributed by atoms with Gasteiger partial charge in [-0.2, -0.15) is 9.40 Å². The summed E-state index contributed by atoms with van der Waals surface area (Å²) in [4.78, 5) is 11.0. The molecule has 0 radical (unpaired) electrons. The summed E-state index contributed by atoms with van der Waals surface area (Å²) in [5.41, 5.74) is -0.268. The van der Waals surface area contributed by atoms with E-state index in [1.165, 1.54) is 8.99 Å². The Morgan fingerprint density at radius 3 is 2.65 bits per heavy atom. The predicted molar refractivity (Wildman–Crippen MR) is 58.2 cm³/mol. The zero-order chi connectivity index (χ0) is 12.8. The number of aromatic carboxylic acids is 1. The molecule has 1 aliphatic rings. The quantitative estimate of drug-likeness (QED) is 0.806. The average Bonchev–Trinajstić information content (AvgIpc) is 2.61. The normalized spacial score (nSPS) is 19.2. The maximum absolute atomic E-state index is 12.2. The molecule has 0 saturated heterocycles. The van der Waals surface area contributed by atoms with E-state index in [2.05, 4.69) is 5.10 Å². The second-order valence-electron chi connectivity index (χ2n) is 4.10. The van der Waals surface area contributed by atoms with Crippen molar-refractivity contribution in [1.82, 2.24) is 14.1 Å². The second-order valence-corrected chi connectivity index (χ2v) is 5.91. The van der Waals surface area contributed by atoms with Crippen molar-refractivity contribution in [2.45, 2.75) is 31.5 Å². The minimum absolute atomic E-state index is 0.203. The number of hydrogen-bond acceptors (Lipinski definition) is 4. The number of rotatable bonds is 2. The van der Waals surface area contributed by atoms with Crippen molar-refractivity contribution in [2.24, 2.45) is 0 Å². The van der Waals surface area contributed by atoms with Crippen LogP contribution in [-0.4, -0.2) is 46.2 Å². The first-order valence-corrected chi connectivity index (χ1v) is 6.60. The largest absolute Gasteiger partial charge is 0.478 e. The molecule has 0 unspecified atom stereocenters. The fourth-order valence-electron chi connectivity index (χ4n) is 1.91. The number of aromatic nitrogens is 2. The van der Waals surface area contributed by atoms with Gasteiger partial charge in [-0.15, -0.1) is 0 Å². The van der Waals surface area contributed by atoms with Crippen LogP contribution in [0.4, 0.5) is 0 Å². The minimum atomic E-state index is -3.76. The van der Waals surface area contributed by atoms with E-state index < -0.39 is 16.0 Å². The Morgan fingerprint density at radius 1 is 1.47 bits per heavy atom. The van der Waals surface area contributed by atoms with Crippen molar-refractivity contribution in [3.05, 3.63) is 11.8 Å². The average molecular weight is 259 g/mol. The van der Waals surface area contributed by atoms with Crippen LogP contribution in [0.3, 0.4) is 0 Å². The molecule has 1 aromatic rings. The van der Waals surface area contributed by atoms with Crippen molar-refractivity contribution in [3.8, 4) is 0 Å². The summed E-state index contributed by atoms with van der Waals surface area (Å²) in [6.45, 7) is 4.20. The zero-order valence-electron chi connectivity index (χ0n) is 9.49. The summed E-state index contributed by atoms with van der Waals surface area (Å²) in [7, 11) is -3.76. The van der Waals surface area contributed by atoms with Gasteiger partial charge in [-0.1, -0.05) is 0 Å². The van der Waals surface area contributed by atoms with Crippen LogP contribution >= 0.6 is 0 Å². The van der Waals surface area contributed by atoms with Crippen LogP contribution in [0.1, 0.15) is 24.2 Å². The summed E-state index contributed by atoms with van der Waals surface area (Å²) in [5, 5.41) is 12.5. The highest BCUT2D eigenvalue weighted by molar-refractivity contribution is 7.89. The van der Waals surface area contributed by atoms with E-state index in [1.807, 2.05) is 0 Å². The molecule has 94 valence electrons. The Balaban J connectivity index is 2.63. The Labute approximate surface area is 98.7 Å². The number of carboxylic acid groups (broad SMARTS) is 1. The van der Waals surface area contributed by atoms with Crippen molar-refractivity contribution >= 4 is 16.0 Å². The summed E-state index contributed by atoms with van der Waals surface area (Å²) in [6, 6.07) is -0.203. The summed E-state index contributed by atoms with van der Waals surface area (Å²) >= 11 is 0. The monoisotopic (exact) mass is 259 g/mol. The lowest BCUT2D eigenvalue weighted by Crippen LogP contribution is -2.44. The van der Waals surface area contributed by atoms with E-state index in [0.29, 0.717) is 13.1 Å². The molecule has 0 aliphatic carbocycles. The molecule has 8 heteroatoms. The fraction of sp³-hybridized carbons (Fsp3) is 0.556. The topological polar surface area (TPSA) is 92.5 Å². The molecule has 0 fully saturated rings. The molecule has 0 aromatic carbocycles. The molecule has 0 atom stereocenters. The first-order chi connectivity index (χ1) is 7.85. The SMILES string of the molecule is CC(C)N1CCn2ncc(C(=O)O)c2S1(=O)=O. The van der Waals surface area contributed by atoms with Crippen molar-refractivity contribution < 1.29 is 18.3 Å². The lowest BCUT2D eigenvalue weighted by atomic mass is 10.3. The molecule has 17 heavy (non-hydrogen) atoms. The van der Waals surface area contributed by atoms with Crippen LogP contribution < -0.4 is 0 Å². The molecule has 0 saturated carbocycles. The Morgan fingerprint density at radius 2 is 2.12 bits per heavy atom. The Hall–Kier alpha value is -1.41. The van der Waals surface area contributed by atoms with Gasteiger partial charge < -0.3 is 5.11 Å². The van der Waals surface area contributed by atoms with E-state index >= 15 is 0 Å². The highest BCUT2D eigenvalue weighted by atomic mass is 32.2. The van der Waals surface area contributed by atoms with Crippen LogP contribution in [0.15, 0.2) is 11.2 Å². The van der Waals surface area contributed by atoms with Crippen LogP contribution in [-0.2, 0) is 16.6 Å². The third-order valence-corrected chi connectivity index (χ3v) is 4.82. The Bertz CT molecular complexity index is 561. The summed E-state index contributed by atoms with van der Waals surface area (Å²) in [5.74, 6) is -1.28. The van der Waals surface area contributed by atoms with Crippen molar-refractivity contribution in [2.75, 3.05) is 6.54 Å². The lowest BCUT2D eigenvalue weighted by molar-refractivity contribution is 0.0691. The molecule has 7 nitrogen and oxygen atoms in total. The maximum Gasteiger partial charge on any atom is 0.340 e. The first kappa shape index (κ1) is 12.1. The van der Waals surface area contributed by atoms with E-state index in [9.17, 15) is 13.2 Å². The van der Waals surface area contributed by atoms with E-state index in [4.69, 9.17) is 5.11 Å². The molecule has 1 aliphatic heterocycles. The number of carbonyl (C=O) groups is 1. The first-order valence-electron chi connectivity index (χ1n) is 5.16. The van der Waals surface area contributed by atoms with Gasteiger partial charge in [-0.25, -0.2) is 13.2 Å². The number of fused-ring (bicyclic) bond motifs is 1. The molecule has 0 amide bonds. The zero-order valence-corrected chi connectivity index (χ0v) is 10.3. The van der Waals surface area contributed by atoms with Gasteiger partial charge in [-0.3, -0.25) is 4.68 Å². The molecule has 2 heterocycles. The smallest absolute Gasteiger partial charge is 0.340 e. The van der Waals surface area contributed by atoms with Gasteiger partial charge in [0.2, 0.25) is 0 Å². The highest BCUT2D eigenvalue weighted by Crippen LogP contribution is 2.25. The van der Waals surface area contributed by atoms with Crippen molar-refractivity contribution in [3.63, 3.8) is 0 Å². The molecule has 1 N–H and O–H groups in total. The van der Waals surface area contributed by atoms with Gasteiger partial charge in [0.05, 0.1) is 12.7 Å². The van der Waals surface area contributed by atoms with Gasteiger partial charge in [-0.05, 0) is 13.8 Å². The molecule has 1 aromatic heterocycles. The second kappa shape index (κ2) is 3.81. The molecular formula is C9H13N3O4S. The number of nitrogens with zero attached hydrogens (tertiary/aromatic N) is 3. The minimum Gasteiger partial charge on any atom is -0.478 e. The molecule has 2 rings (SSSR count). The van der Waals surface area contributed by atoms with Crippen molar-refractivity contribution in [1.29, 1.82) is 0 Å². The van der Waals surface area contributed by atoms with E-state index in [0.717, 1.165) is 6.20 Å². The third-order valence-electron chi connectivity index (χ3n) is 2.68. The predicted octanol–water partition coefficient (Wildman–Crippen LogP) is -0.00600. The van der Waals surface area contributed by atoms with Crippen LogP contribution in [0.5, 0.6) is 0 Å². The van der Waals surface area contributed by atoms with Crippen LogP contribution in [0, 0.1) is 0 Å². The summed E-state index contributed by atoms with van der Waals surface area (Å²) in [6.07, 6.45) is 1.08. The molecular weight excluding hydrogens is 246 g/mol. The Kier molecular flexibility index (Phi) is 2.70. The number of hydrogen-bond donors (Lipinski definition) is 1. The van der Waals surface area contributed by atoms with Gasteiger partial charge in [0, 0.05) is 12.6 Å². The van der Waals surface area contributed by atoms with Gasteiger partial charge in [0.1, 0.15) is 5.56 Å². The van der Waals surface area contributed by atoms with Gasteiger partial charge in [0.25, 0.3) is 10.0 Å². The van der Waals surface area contributed by atoms with E-state index in [1.54, 1.807) is 13.8 Å².